The van der Waals surface area contributed by atoms with Crippen LogP contribution in [-0.2, 0) is 21.2 Å². The summed E-state index contributed by atoms with van der Waals surface area (Å²) in [5, 5.41) is 4.80. The van der Waals surface area contributed by atoms with Gasteiger partial charge in [0.25, 0.3) is 0 Å². The van der Waals surface area contributed by atoms with E-state index in [0.717, 1.165) is 10.0 Å². The topological polar surface area (TPSA) is 69.4 Å². The number of sulfonamides is 1. The van der Waals surface area contributed by atoms with Gasteiger partial charge in [0, 0.05) is 17.0 Å². The van der Waals surface area contributed by atoms with Gasteiger partial charge in [-0.05, 0) is 30.5 Å². The molecule has 1 aliphatic heterocycles. The molecule has 0 bridgehead atoms. The van der Waals surface area contributed by atoms with Crippen LogP contribution in [0.2, 0.25) is 0 Å². The second-order valence-electron chi connectivity index (χ2n) is 4.58. The van der Waals surface area contributed by atoms with E-state index in [2.05, 4.69) is 15.9 Å². The predicted octanol–water partition coefficient (Wildman–Crippen LogP) is 1.69. The van der Waals surface area contributed by atoms with Gasteiger partial charge in [0.2, 0.25) is 10.0 Å². The summed E-state index contributed by atoms with van der Waals surface area (Å²) < 4.78 is 29.5. The molecule has 0 aliphatic carbocycles. The predicted molar refractivity (Wildman–Crippen MR) is 73.7 cm³/mol. The molecule has 0 radical (unpaired) electrons. The molecular weight excluding hydrogens is 318 g/mol. The lowest BCUT2D eigenvalue weighted by atomic mass is 9.94. The average Bonchev–Trinajstić information content (AvgIpc) is 2.31. The molecule has 0 aromatic heterocycles. The summed E-state index contributed by atoms with van der Waals surface area (Å²) in [6, 6.07) is 7.87. The highest BCUT2D eigenvalue weighted by Crippen LogP contribution is 2.24. The molecule has 1 aromatic carbocycles. The van der Waals surface area contributed by atoms with Gasteiger partial charge in [0.15, 0.2) is 0 Å². The molecule has 0 saturated carbocycles. The molecule has 1 aliphatic rings. The van der Waals surface area contributed by atoms with Crippen molar-refractivity contribution in [3.63, 3.8) is 0 Å². The highest BCUT2D eigenvalue weighted by molar-refractivity contribution is 9.10. The minimum Gasteiger partial charge on any atom is -0.381 e. The Morgan fingerprint density at radius 1 is 1.33 bits per heavy atom. The van der Waals surface area contributed by atoms with Gasteiger partial charge in [0.1, 0.15) is 0 Å². The van der Waals surface area contributed by atoms with Gasteiger partial charge in [-0.25, -0.2) is 13.6 Å². The van der Waals surface area contributed by atoms with Crippen molar-refractivity contribution in [2.45, 2.75) is 18.1 Å². The van der Waals surface area contributed by atoms with Crippen LogP contribution in [0.25, 0.3) is 0 Å². The molecule has 2 N–H and O–H groups in total. The molecule has 6 heteroatoms. The molecule has 18 heavy (non-hydrogen) atoms. The summed E-state index contributed by atoms with van der Waals surface area (Å²) >= 11 is 3.37. The van der Waals surface area contributed by atoms with E-state index in [9.17, 15) is 8.42 Å². The zero-order valence-electron chi connectivity index (χ0n) is 9.88. The molecule has 1 heterocycles. The van der Waals surface area contributed by atoms with Gasteiger partial charge in [-0.3, -0.25) is 0 Å². The second kappa shape index (κ2) is 5.69. The molecule has 2 atom stereocenters. The third-order valence-corrected chi connectivity index (χ3v) is 5.23. The maximum atomic E-state index is 11.6. The van der Waals surface area contributed by atoms with Crippen LogP contribution < -0.4 is 5.14 Å². The summed E-state index contributed by atoms with van der Waals surface area (Å²) in [5.41, 5.74) is 1.10. The van der Waals surface area contributed by atoms with E-state index in [1.54, 1.807) is 0 Å². The molecule has 4 nitrogen and oxygen atoms in total. The first-order chi connectivity index (χ1) is 8.47. The fourth-order valence-electron chi connectivity index (χ4n) is 2.32. The highest BCUT2D eigenvalue weighted by atomic mass is 79.9. The first kappa shape index (κ1) is 14.0. The number of halogens is 1. The van der Waals surface area contributed by atoms with E-state index in [4.69, 9.17) is 9.88 Å². The van der Waals surface area contributed by atoms with Crippen molar-refractivity contribution in [2.75, 3.05) is 13.2 Å². The normalized spacial score (nSPS) is 25.0. The third-order valence-electron chi connectivity index (χ3n) is 3.24. The smallest absolute Gasteiger partial charge is 0.212 e. The van der Waals surface area contributed by atoms with Crippen molar-refractivity contribution in [1.29, 1.82) is 0 Å². The number of benzene rings is 1. The summed E-state index contributed by atoms with van der Waals surface area (Å²) in [7, 11) is -3.49. The molecule has 100 valence electrons. The molecular formula is C12H16BrNO3S. The van der Waals surface area contributed by atoms with Crippen LogP contribution in [0.15, 0.2) is 28.7 Å². The number of hydrogen-bond donors (Lipinski definition) is 1. The Morgan fingerprint density at radius 3 is 2.61 bits per heavy atom. The lowest BCUT2D eigenvalue weighted by Gasteiger charge is -2.29. The summed E-state index contributed by atoms with van der Waals surface area (Å²) in [4.78, 5) is 0. The number of ether oxygens (including phenoxy) is 1. The highest BCUT2D eigenvalue weighted by Gasteiger charge is 2.33. The van der Waals surface area contributed by atoms with E-state index >= 15 is 0 Å². The number of primary sulfonamides is 1. The van der Waals surface area contributed by atoms with Gasteiger partial charge in [-0.1, -0.05) is 28.1 Å². The Labute approximate surface area is 116 Å². The largest absolute Gasteiger partial charge is 0.381 e. The molecule has 0 spiro atoms. The molecule has 2 rings (SSSR count). The van der Waals surface area contributed by atoms with Crippen molar-refractivity contribution in [1.82, 2.24) is 0 Å². The van der Waals surface area contributed by atoms with E-state index in [-0.39, 0.29) is 5.92 Å². The Hall–Kier alpha value is -0.430. The third kappa shape index (κ3) is 3.54. The lowest BCUT2D eigenvalue weighted by Crippen LogP contribution is -2.42. The number of rotatable bonds is 3. The van der Waals surface area contributed by atoms with Crippen molar-refractivity contribution < 1.29 is 13.2 Å². The molecule has 1 fully saturated rings. The van der Waals surface area contributed by atoms with Gasteiger partial charge in [-0.2, -0.15) is 0 Å². The molecule has 0 unspecified atom stereocenters. The van der Waals surface area contributed by atoms with Crippen LogP contribution in [0, 0.1) is 5.92 Å². The standard InChI is InChI=1S/C12H16BrNO3S/c13-11-3-1-9(2-4-11)7-10-8-17-6-5-12(10)18(14,15)16/h1-4,10,12H,5-8H2,(H2,14,15,16)/t10-,12+/m1/s1. The Balaban J connectivity index is 2.13. The van der Waals surface area contributed by atoms with Crippen LogP contribution >= 0.6 is 15.9 Å². The maximum absolute atomic E-state index is 11.6. The fraction of sp³-hybridized carbons (Fsp3) is 0.500. The van der Waals surface area contributed by atoms with Crippen LogP contribution in [0.1, 0.15) is 12.0 Å². The minimum absolute atomic E-state index is 0.0603. The fourth-order valence-corrected chi connectivity index (χ4v) is 3.72. The average molecular weight is 334 g/mol. The van der Waals surface area contributed by atoms with E-state index < -0.39 is 15.3 Å². The van der Waals surface area contributed by atoms with Crippen LogP contribution in [0.3, 0.4) is 0 Å². The van der Waals surface area contributed by atoms with Crippen molar-refractivity contribution in [3.05, 3.63) is 34.3 Å². The molecule has 1 saturated heterocycles. The van der Waals surface area contributed by atoms with Crippen LogP contribution in [-0.4, -0.2) is 26.9 Å². The quantitative estimate of drug-likeness (QED) is 0.914. The lowest BCUT2D eigenvalue weighted by molar-refractivity contribution is 0.0572. The first-order valence-electron chi connectivity index (χ1n) is 5.80. The van der Waals surface area contributed by atoms with E-state index in [1.165, 1.54) is 0 Å². The van der Waals surface area contributed by atoms with Crippen molar-refractivity contribution >= 4 is 26.0 Å². The zero-order chi connectivity index (χ0) is 13.2. The van der Waals surface area contributed by atoms with Gasteiger partial charge in [-0.15, -0.1) is 0 Å². The summed E-state index contributed by atoms with van der Waals surface area (Å²) in [5.74, 6) is -0.0603. The maximum Gasteiger partial charge on any atom is 0.212 e. The van der Waals surface area contributed by atoms with Gasteiger partial charge in [0.05, 0.1) is 11.9 Å². The van der Waals surface area contributed by atoms with Crippen molar-refractivity contribution in [2.24, 2.45) is 11.1 Å². The number of hydrogen-bond acceptors (Lipinski definition) is 3. The van der Waals surface area contributed by atoms with Crippen LogP contribution in [0.5, 0.6) is 0 Å². The Bertz CT molecular complexity index is 501. The van der Waals surface area contributed by atoms with E-state index in [1.807, 2.05) is 24.3 Å². The monoisotopic (exact) mass is 333 g/mol. The molecule has 0 amide bonds. The first-order valence-corrected chi connectivity index (χ1v) is 8.21. The van der Waals surface area contributed by atoms with E-state index in [0.29, 0.717) is 26.1 Å². The Kier molecular flexibility index (Phi) is 4.42. The zero-order valence-corrected chi connectivity index (χ0v) is 12.3. The van der Waals surface area contributed by atoms with Crippen LogP contribution in [0.4, 0.5) is 0 Å². The Morgan fingerprint density at radius 2 is 2.00 bits per heavy atom. The summed E-state index contributed by atoms with van der Waals surface area (Å²) in [6.07, 6.45) is 1.16. The summed E-state index contributed by atoms with van der Waals surface area (Å²) in [6.45, 7) is 0.926. The number of nitrogens with two attached hydrogens (primary N) is 1. The SMILES string of the molecule is NS(=O)(=O)[C@H]1CCOC[C@H]1Cc1ccc(Br)cc1. The van der Waals surface area contributed by atoms with Gasteiger partial charge >= 0.3 is 0 Å². The minimum atomic E-state index is -3.49. The second-order valence-corrected chi connectivity index (χ2v) is 7.28. The van der Waals surface area contributed by atoms with Crippen molar-refractivity contribution in [3.8, 4) is 0 Å². The molecule has 1 aromatic rings. The van der Waals surface area contributed by atoms with Gasteiger partial charge < -0.3 is 4.74 Å².